The quantitative estimate of drug-likeness (QED) is 0.857. The van der Waals surface area contributed by atoms with E-state index < -0.39 is 0 Å². The van der Waals surface area contributed by atoms with Gasteiger partial charge in [0.15, 0.2) is 0 Å². The van der Waals surface area contributed by atoms with Crippen LogP contribution in [0.15, 0.2) is 36.5 Å². The molecule has 1 fully saturated rings. The van der Waals surface area contributed by atoms with Crippen LogP contribution in [-0.4, -0.2) is 26.2 Å². The van der Waals surface area contributed by atoms with E-state index in [0.29, 0.717) is 0 Å². The molecule has 1 N–H and O–H groups in total. The molecule has 0 radical (unpaired) electrons. The Kier molecular flexibility index (Phi) is 2.65. The SMILES string of the molecule is O[C@H]1CCC[C@@H]1n1ncc(-c2ccccc2)n1. The number of benzene rings is 1. The van der Waals surface area contributed by atoms with Gasteiger partial charge in [-0.25, -0.2) is 0 Å². The van der Waals surface area contributed by atoms with Crippen molar-refractivity contribution >= 4 is 0 Å². The average Bonchev–Trinajstić information content (AvgIpc) is 2.98. The largest absolute Gasteiger partial charge is 0.391 e. The van der Waals surface area contributed by atoms with Gasteiger partial charge in [0.05, 0.1) is 18.3 Å². The Morgan fingerprint density at radius 2 is 2.00 bits per heavy atom. The van der Waals surface area contributed by atoms with Crippen molar-refractivity contribution in [2.45, 2.75) is 31.4 Å². The summed E-state index contributed by atoms with van der Waals surface area (Å²) in [6.45, 7) is 0. The molecule has 0 spiro atoms. The van der Waals surface area contributed by atoms with Gasteiger partial charge in [-0.1, -0.05) is 30.3 Å². The number of nitrogens with zero attached hydrogens (tertiary/aromatic N) is 3. The molecule has 88 valence electrons. The predicted octanol–water partition coefficient (Wildman–Crippen LogP) is 2.03. The van der Waals surface area contributed by atoms with Crippen molar-refractivity contribution < 1.29 is 5.11 Å². The third kappa shape index (κ3) is 1.96. The van der Waals surface area contributed by atoms with Crippen LogP contribution in [0.25, 0.3) is 11.3 Å². The Labute approximate surface area is 99.9 Å². The van der Waals surface area contributed by atoms with Gasteiger partial charge in [0.1, 0.15) is 5.69 Å². The molecule has 1 saturated carbocycles. The van der Waals surface area contributed by atoms with Crippen molar-refractivity contribution in [3.8, 4) is 11.3 Å². The van der Waals surface area contributed by atoms with Crippen LogP contribution in [0.3, 0.4) is 0 Å². The molecule has 1 aromatic heterocycles. The third-order valence-corrected chi connectivity index (χ3v) is 3.32. The molecule has 4 nitrogen and oxygen atoms in total. The number of aromatic nitrogens is 3. The molecule has 17 heavy (non-hydrogen) atoms. The fourth-order valence-corrected chi connectivity index (χ4v) is 2.37. The van der Waals surface area contributed by atoms with Crippen LogP contribution in [0.4, 0.5) is 0 Å². The van der Waals surface area contributed by atoms with Crippen molar-refractivity contribution in [2.24, 2.45) is 0 Å². The van der Waals surface area contributed by atoms with Gasteiger partial charge in [-0.05, 0) is 19.3 Å². The minimum atomic E-state index is -0.300. The lowest BCUT2D eigenvalue weighted by atomic mass is 10.2. The Morgan fingerprint density at radius 1 is 1.18 bits per heavy atom. The second-order valence-corrected chi connectivity index (χ2v) is 4.48. The molecular formula is C13H15N3O. The molecular weight excluding hydrogens is 214 g/mol. The van der Waals surface area contributed by atoms with E-state index in [1.165, 1.54) is 0 Å². The highest BCUT2D eigenvalue weighted by atomic mass is 16.3. The molecule has 4 heteroatoms. The molecule has 1 aliphatic carbocycles. The average molecular weight is 229 g/mol. The maximum atomic E-state index is 9.82. The van der Waals surface area contributed by atoms with Crippen LogP contribution in [-0.2, 0) is 0 Å². The van der Waals surface area contributed by atoms with Gasteiger partial charge in [-0.2, -0.15) is 15.0 Å². The highest BCUT2D eigenvalue weighted by Gasteiger charge is 2.28. The topological polar surface area (TPSA) is 50.9 Å². The van der Waals surface area contributed by atoms with Gasteiger partial charge >= 0.3 is 0 Å². The van der Waals surface area contributed by atoms with Crippen LogP contribution in [0.2, 0.25) is 0 Å². The zero-order valence-corrected chi connectivity index (χ0v) is 9.53. The number of aliphatic hydroxyl groups is 1. The molecule has 0 saturated heterocycles. The molecule has 3 rings (SSSR count). The van der Waals surface area contributed by atoms with Gasteiger partial charge < -0.3 is 5.11 Å². The van der Waals surface area contributed by atoms with E-state index in [9.17, 15) is 5.11 Å². The summed E-state index contributed by atoms with van der Waals surface area (Å²) in [5.74, 6) is 0. The highest BCUT2D eigenvalue weighted by Crippen LogP contribution is 2.29. The van der Waals surface area contributed by atoms with E-state index in [0.717, 1.165) is 30.5 Å². The molecule has 0 amide bonds. The second kappa shape index (κ2) is 4.30. The standard InChI is InChI=1S/C13H15N3O/c17-13-8-4-7-12(13)16-14-9-11(15-16)10-5-2-1-3-6-10/h1-3,5-6,9,12-13,17H,4,7-8H2/t12-,13-/m0/s1. The van der Waals surface area contributed by atoms with E-state index in [2.05, 4.69) is 10.2 Å². The molecule has 0 aliphatic heterocycles. The zero-order valence-electron chi connectivity index (χ0n) is 9.53. The van der Waals surface area contributed by atoms with Crippen LogP contribution < -0.4 is 0 Å². The summed E-state index contributed by atoms with van der Waals surface area (Å²) in [4.78, 5) is 1.67. The number of rotatable bonds is 2. The molecule has 0 unspecified atom stereocenters. The monoisotopic (exact) mass is 229 g/mol. The minimum Gasteiger partial charge on any atom is -0.391 e. The fraction of sp³-hybridized carbons (Fsp3) is 0.385. The number of hydrogen-bond acceptors (Lipinski definition) is 3. The van der Waals surface area contributed by atoms with Crippen molar-refractivity contribution in [1.82, 2.24) is 15.0 Å². The maximum Gasteiger partial charge on any atom is 0.113 e. The third-order valence-electron chi connectivity index (χ3n) is 3.32. The van der Waals surface area contributed by atoms with E-state index in [-0.39, 0.29) is 12.1 Å². The van der Waals surface area contributed by atoms with Crippen molar-refractivity contribution in [3.63, 3.8) is 0 Å². The summed E-state index contributed by atoms with van der Waals surface area (Å²) in [5, 5.41) is 18.6. The summed E-state index contributed by atoms with van der Waals surface area (Å²) in [5.41, 5.74) is 1.93. The summed E-state index contributed by atoms with van der Waals surface area (Å²) in [6, 6.07) is 10.0. The Bertz CT molecular complexity index is 494. The Morgan fingerprint density at radius 3 is 2.71 bits per heavy atom. The van der Waals surface area contributed by atoms with Gasteiger partial charge in [0.2, 0.25) is 0 Å². The Balaban J connectivity index is 1.88. The van der Waals surface area contributed by atoms with E-state index in [1.54, 1.807) is 11.0 Å². The highest BCUT2D eigenvalue weighted by molar-refractivity contribution is 5.56. The fourth-order valence-electron chi connectivity index (χ4n) is 2.37. The first kappa shape index (κ1) is 10.5. The van der Waals surface area contributed by atoms with Crippen LogP contribution in [0.5, 0.6) is 0 Å². The normalized spacial score (nSPS) is 24.1. The zero-order chi connectivity index (χ0) is 11.7. The molecule has 1 heterocycles. The molecule has 1 aliphatic rings. The van der Waals surface area contributed by atoms with Gasteiger partial charge in [0, 0.05) is 5.56 Å². The lowest BCUT2D eigenvalue weighted by Crippen LogP contribution is -2.20. The smallest absolute Gasteiger partial charge is 0.113 e. The number of hydrogen-bond donors (Lipinski definition) is 1. The first-order valence-electron chi connectivity index (χ1n) is 6.00. The summed E-state index contributed by atoms with van der Waals surface area (Å²) < 4.78 is 0. The van der Waals surface area contributed by atoms with E-state index in [4.69, 9.17) is 0 Å². The number of aliphatic hydroxyl groups excluding tert-OH is 1. The van der Waals surface area contributed by atoms with Crippen LogP contribution >= 0.6 is 0 Å². The summed E-state index contributed by atoms with van der Waals surface area (Å²) in [6.07, 6.45) is 4.33. The summed E-state index contributed by atoms with van der Waals surface area (Å²) >= 11 is 0. The van der Waals surface area contributed by atoms with Crippen LogP contribution in [0, 0.1) is 0 Å². The van der Waals surface area contributed by atoms with E-state index >= 15 is 0 Å². The van der Waals surface area contributed by atoms with E-state index in [1.807, 2.05) is 30.3 Å². The molecule has 0 bridgehead atoms. The van der Waals surface area contributed by atoms with Crippen molar-refractivity contribution in [3.05, 3.63) is 36.5 Å². The lowest BCUT2D eigenvalue weighted by Gasteiger charge is -2.12. The molecule has 2 atom stereocenters. The maximum absolute atomic E-state index is 9.82. The van der Waals surface area contributed by atoms with Crippen molar-refractivity contribution in [1.29, 1.82) is 0 Å². The van der Waals surface area contributed by atoms with Crippen LogP contribution in [0.1, 0.15) is 25.3 Å². The molecule has 2 aromatic rings. The second-order valence-electron chi connectivity index (χ2n) is 4.48. The van der Waals surface area contributed by atoms with Gasteiger partial charge in [-0.15, -0.1) is 0 Å². The van der Waals surface area contributed by atoms with Crippen molar-refractivity contribution in [2.75, 3.05) is 0 Å². The molecule has 1 aromatic carbocycles. The first-order valence-corrected chi connectivity index (χ1v) is 6.00. The van der Waals surface area contributed by atoms with Gasteiger partial charge in [-0.3, -0.25) is 0 Å². The minimum absolute atomic E-state index is 0.0486. The summed E-state index contributed by atoms with van der Waals surface area (Å²) in [7, 11) is 0. The Hall–Kier alpha value is -1.68. The predicted molar refractivity (Wildman–Crippen MR) is 64.4 cm³/mol. The lowest BCUT2D eigenvalue weighted by molar-refractivity contribution is 0.123. The first-order chi connectivity index (χ1) is 8.34. The van der Waals surface area contributed by atoms with Gasteiger partial charge in [0.25, 0.3) is 0 Å².